The van der Waals surface area contributed by atoms with Crippen molar-refractivity contribution in [2.75, 3.05) is 12.0 Å². The van der Waals surface area contributed by atoms with Gasteiger partial charge in [0.1, 0.15) is 11.4 Å². The summed E-state index contributed by atoms with van der Waals surface area (Å²) in [6.45, 7) is 2.04. The van der Waals surface area contributed by atoms with Crippen LogP contribution in [0.2, 0.25) is 0 Å². The van der Waals surface area contributed by atoms with E-state index in [2.05, 4.69) is 10.2 Å². The van der Waals surface area contributed by atoms with Gasteiger partial charge in [-0.15, -0.1) is 0 Å². The highest BCUT2D eigenvalue weighted by atomic mass is 16.5. The Kier molecular flexibility index (Phi) is 5.26. The van der Waals surface area contributed by atoms with Crippen molar-refractivity contribution < 1.29 is 9.53 Å². The standard InChI is InChI=1S/C25H23N5O3/c1-17-8-11-24(32)29(17)19-9-10-20(23(16-19)33-2)28-15-13-22(31)25(27-28)21-12-14-26-30(21)18-6-4-3-5-7-18/h3-7,9-10,12-17H,8,11H2,1-2H3. The summed E-state index contributed by atoms with van der Waals surface area (Å²) >= 11 is 0. The number of hydrogen-bond acceptors (Lipinski definition) is 5. The van der Waals surface area contributed by atoms with Gasteiger partial charge in [0.05, 0.1) is 24.7 Å². The molecule has 0 saturated carbocycles. The van der Waals surface area contributed by atoms with Gasteiger partial charge in [-0.2, -0.15) is 10.2 Å². The van der Waals surface area contributed by atoms with E-state index in [1.54, 1.807) is 39.8 Å². The molecule has 1 aliphatic heterocycles. The molecule has 8 heteroatoms. The Morgan fingerprint density at radius 3 is 2.55 bits per heavy atom. The number of benzene rings is 2. The Morgan fingerprint density at radius 2 is 1.82 bits per heavy atom. The van der Waals surface area contributed by atoms with E-state index < -0.39 is 0 Å². The van der Waals surface area contributed by atoms with Crippen LogP contribution >= 0.6 is 0 Å². The molecular formula is C25H23N5O3. The number of anilines is 1. The fourth-order valence-corrected chi connectivity index (χ4v) is 4.21. The molecule has 1 aliphatic rings. The SMILES string of the molecule is COc1cc(N2C(=O)CCC2C)ccc1-n1ccc(=O)c(-c2ccnn2-c2ccccc2)n1. The van der Waals surface area contributed by atoms with E-state index in [1.165, 1.54) is 6.07 Å². The maximum Gasteiger partial charge on any atom is 0.227 e. The van der Waals surface area contributed by atoms with Gasteiger partial charge in [0.15, 0.2) is 5.69 Å². The normalized spacial score (nSPS) is 15.8. The second-order valence-electron chi connectivity index (χ2n) is 7.94. The lowest BCUT2D eigenvalue weighted by Gasteiger charge is -2.23. The average molecular weight is 441 g/mol. The van der Waals surface area contributed by atoms with Gasteiger partial charge >= 0.3 is 0 Å². The zero-order chi connectivity index (χ0) is 22.9. The van der Waals surface area contributed by atoms with Gasteiger partial charge in [0.25, 0.3) is 0 Å². The molecule has 0 bridgehead atoms. The Bertz CT molecular complexity index is 1380. The molecule has 0 radical (unpaired) electrons. The minimum atomic E-state index is -0.212. The van der Waals surface area contributed by atoms with E-state index in [4.69, 9.17) is 4.74 Å². The molecule has 1 amide bonds. The first-order valence-electron chi connectivity index (χ1n) is 10.8. The number of rotatable bonds is 5. The van der Waals surface area contributed by atoms with Crippen LogP contribution in [0.25, 0.3) is 22.8 Å². The van der Waals surface area contributed by atoms with E-state index in [0.29, 0.717) is 23.6 Å². The van der Waals surface area contributed by atoms with Crippen molar-refractivity contribution >= 4 is 11.6 Å². The molecule has 166 valence electrons. The number of para-hydroxylation sites is 1. The molecular weight excluding hydrogens is 418 g/mol. The molecule has 1 unspecified atom stereocenters. The molecule has 33 heavy (non-hydrogen) atoms. The van der Waals surface area contributed by atoms with Crippen LogP contribution in [0.1, 0.15) is 19.8 Å². The highest BCUT2D eigenvalue weighted by Gasteiger charge is 2.29. The number of amides is 1. The summed E-state index contributed by atoms with van der Waals surface area (Å²) in [7, 11) is 1.58. The summed E-state index contributed by atoms with van der Waals surface area (Å²) in [5.41, 5.74) is 2.93. The molecule has 4 aromatic rings. The van der Waals surface area contributed by atoms with Crippen molar-refractivity contribution in [3.63, 3.8) is 0 Å². The van der Waals surface area contributed by atoms with Crippen molar-refractivity contribution in [3.8, 4) is 28.5 Å². The molecule has 2 aromatic carbocycles. The molecule has 1 fully saturated rings. The summed E-state index contributed by atoms with van der Waals surface area (Å²) in [5, 5.41) is 9.00. The Hall–Kier alpha value is -4.20. The summed E-state index contributed by atoms with van der Waals surface area (Å²) in [6.07, 6.45) is 4.63. The minimum absolute atomic E-state index is 0.107. The summed E-state index contributed by atoms with van der Waals surface area (Å²) in [6, 6.07) is 18.5. The van der Waals surface area contributed by atoms with Crippen molar-refractivity contribution in [2.24, 2.45) is 0 Å². The van der Waals surface area contributed by atoms with E-state index in [-0.39, 0.29) is 23.1 Å². The fraction of sp³-hybridized carbons (Fsp3) is 0.200. The molecule has 1 saturated heterocycles. The average Bonchev–Trinajstić information content (AvgIpc) is 3.46. The lowest BCUT2D eigenvalue weighted by Crippen LogP contribution is -2.30. The third kappa shape index (κ3) is 3.69. The first-order chi connectivity index (χ1) is 16.1. The Morgan fingerprint density at radius 1 is 1.00 bits per heavy atom. The van der Waals surface area contributed by atoms with Crippen molar-refractivity contribution in [3.05, 3.63) is 83.3 Å². The van der Waals surface area contributed by atoms with E-state index in [9.17, 15) is 9.59 Å². The van der Waals surface area contributed by atoms with Gasteiger partial charge in [0.2, 0.25) is 11.3 Å². The number of hydrogen-bond donors (Lipinski definition) is 0. The lowest BCUT2D eigenvalue weighted by molar-refractivity contribution is -0.117. The Balaban J connectivity index is 1.58. The molecule has 8 nitrogen and oxygen atoms in total. The highest BCUT2D eigenvalue weighted by Crippen LogP contribution is 2.33. The molecule has 5 rings (SSSR count). The second-order valence-corrected chi connectivity index (χ2v) is 7.94. The molecule has 0 spiro atoms. The topological polar surface area (TPSA) is 82.3 Å². The van der Waals surface area contributed by atoms with Crippen molar-refractivity contribution in [1.82, 2.24) is 19.6 Å². The van der Waals surface area contributed by atoms with Gasteiger partial charge < -0.3 is 9.64 Å². The number of ether oxygens (including phenoxy) is 1. The largest absolute Gasteiger partial charge is 0.494 e. The van der Waals surface area contributed by atoms with Crippen LogP contribution in [0, 0.1) is 0 Å². The smallest absolute Gasteiger partial charge is 0.227 e. The summed E-state index contributed by atoms with van der Waals surface area (Å²) in [4.78, 5) is 26.9. The van der Waals surface area contributed by atoms with Crippen LogP contribution in [0.3, 0.4) is 0 Å². The minimum Gasteiger partial charge on any atom is -0.494 e. The van der Waals surface area contributed by atoms with E-state index in [1.807, 2.05) is 55.5 Å². The summed E-state index contributed by atoms with van der Waals surface area (Å²) < 4.78 is 8.93. The predicted molar refractivity (Wildman–Crippen MR) is 125 cm³/mol. The predicted octanol–water partition coefficient (Wildman–Crippen LogP) is 3.61. The number of nitrogens with zero attached hydrogens (tertiary/aromatic N) is 5. The number of carbonyl (C=O) groups excluding carboxylic acids is 1. The zero-order valence-corrected chi connectivity index (χ0v) is 18.4. The third-order valence-electron chi connectivity index (χ3n) is 5.87. The number of carbonyl (C=O) groups is 1. The van der Waals surface area contributed by atoms with Gasteiger partial charge in [-0.1, -0.05) is 18.2 Å². The van der Waals surface area contributed by atoms with Crippen LogP contribution in [0.4, 0.5) is 5.69 Å². The van der Waals surface area contributed by atoms with Crippen molar-refractivity contribution in [1.29, 1.82) is 0 Å². The zero-order valence-electron chi connectivity index (χ0n) is 18.4. The highest BCUT2D eigenvalue weighted by molar-refractivity contribution is 5.96. The monoisotopic (exact) mass is 441 g/mol. The maximum absolute atomic E-state index is 12.7. The van der Waals surface area contributed by atoms with Crippen molar-refractivity contribution in [2.45, 2.75) is 25.8 Å². The number of methoxy groups -OCH3 is 1. The van der Waals surface area contributed by atoms with Gasteiger partial charge in [-0.3, -0.25) is 9.59 Å². The molecule has 1 atom stereocenters. The van der Waals surface area contributed by atoms with Crippen LogP contribution in [-0.4, -0.2) is 38.6 Å². The van der Waals surface area contributed by atoms with Crippen LogP contribution in [-0.2, 0) is 4.79 Å². The lowest BCUT2D eigenvalue weighted by atomic mass is 10.2. The quantitative estimate of drug-likeness (QED) is 0.473. The first kappa shape index (κ1) is 20.7. The number of aromatic nitrogens is 4. The van der Waals surface area contributed by atoms with E-state index >= 15 is 0 Å². The van der Waals surface area contributed by atoms with Gasteiger partial charge in [-0.25, -0.2) is 9.36 Å². The van der Waals surface area contributed by atoms with E-state index in [0.717, 1.165) is 17.8 Å². The van der Waals surface area contributed by atoms with Crippen LogP contribution in [0.5, 0.6) is 5.75 Å². The maximum atomic E-state index is 12.7. The second kappa shape index (κ2) is 8.38. The Labute approximate surface area is 190 Å². The van der Waals surface area contributed by atoms with Crippen LogP contribution < -0.4 is 15.1 Å². The third-order valence-corrected chi connectivity index (χ3v) is 5.87. The molecule has 2 aromatic heterocycles. The van der Waals surface area contributed by atoms with Gasteiger partial charge in [-0.05, 0) is 43.7 Å². The molecule has 0 aliphatic carbocycles. The molecule has 3 heterocycles. The fourth-order valence-electron chi connectivity index (χ4n) is 4.21. The summed E-state index contributed by atoms with van der Waals surface area (Å²) in [5.74, 6) is 0.660. The van der Waals surface area contributed by atoms with Crippen LogP contribution in [0.15, 0.2) is 77.9 Å². The molecule has 0 N–H and O–H groups in total. The van der Waals surface area contributed by atoms with Gasteiger partial charge in [0, 0.05) is 36.5 Å². The first-order valence-corrected chi connectivity index (χ1v) is 10.8.